The Balaban J connectivity index is 1.82. The van der Waals surface area contributed by atoms with Gasteiger partial charge in [-0.2, -0.15) is 10.2 Å². The van der Waals surface area contributed by atoms with E-state index in [0.29, 0.717) is 12.3 Å². The molecule has 22 heavy (non-hydrogen) atoms. The molecule has 2 atom stereocenters. The van der Waals surface area contributed by atoms with Crippen LogP contribution in [0.5, 0.6) is 0 Å². The van der Waals surface area contributed by atoms with Crippen LogP contribution >= 0.6 is 0 Å². The number of aryl methyl sites for hydroxylation is 3. The van der Waals surface area contributed by atoms with E-state index in [9.17, 15) is 4.79 Å². The number of nitrogens with zero attached hydrogens (tertiary/aromatic N) is 4. The maximum absolute atomic E-state index is 12.4. The second-order valence-electron chi connectivity index (χ2n) is 5.71. The Morgan fingerprint density at radius 2 is 2.14 bits per heavy atom. The van der Waals surface area contributed by atoms with Crippen LogP contribution in [0, 0.1) is 13.8 Å². The summed E-state index contributed by atoms with van der Waals surface area (Å²) in [6, 6.07) is 1.66. The number of amides is 1. The van der Waals surface area contributed by atoms with Crippen LogP contribution in [0.15, 0.2) is 12.3 Å². The lowest BCUT2D eigenvalue weighted by atomic mass is 10.00. The van der Waals surface area contributed by atoms with Gasteiger partial charge in [-0.05, 0) is 26.3 Å². The number of carbonyl (C=O) groups excluding carboxylic acids is 1. The van der Waals surface area contributed by atoms with Gasteiger partial charge < -0.3 is 10.1 Å². The van der Waals surface area contributed by atoms with Crippen molar-refractivity contribution in [1.82, 2.24) is 24.9 Å². The van der Waals surface area contributed by atoms with Crippen LogP contribution in [-0.2, 0) is 18.8 Å². The second kappa shape index (κ2) is 5.57. The average Bonchev–Trinajstić information content (AvgIpc) is 3.13. The Morgan fingerprint density at radius 3 is 2.73 bits per heavy atom. The fourth-order valence-electron chi connectivity index (χ4n) is 3.06. The minimum atomic E-state index is -0.147. The number of rotatable bonds is 3. The summed E-state index contributed by atoms with van der Waals surface area (Å²) in [7, 11) is 3.68. The van der Waals surface area contributed by atoms with Crippen molar-refractivity contribution in [2.45, 2.75) is 32.4 Å². The zero-order chi connectivity index (χ0) is 15.9. The lowest BCUT2D eigenvalue weighted by Crippen LogP contribution is -2.38. The molecule has 2 aromatic rings. The number of hydrogen-bond acceptors (Lipinski definition) is 4. The summed E-state index contributed by atoms with van der Waals surface area (Å²) < 4.78 is 9.31. The Labute approximate surface area is 129 Å². The molecule has 118 valence electrons. The Hall–Kier alpha value is -2.15. The molecule has 1 fully saturated rings. The molecule has 3 heterocycles. The van der Waals surface area contributed by atoms with Crippen molar-refractivity contribution in [3.63, 3.8) is 0 Å². The van der Waals surface area contributed by atoms with Crippen molar-refractivity contribution < 1.29 is 9.53 Å². The highest BCUT2D eigenvalue weighted by molar-refractivity contribution is 5.92. The summed E-state index contributed by atoms with van der Waals surface area (Å²) in [4.78, 5) is 12.4. The summed E-state index contributed by atoms with van der Waals surface area (Å²) in [6.45, 7) is 4.63. The molecule has 1 aliphatic heterocycles. The number of hydrogen-bond donors (Lipinski definition) is 1. The van der Waals surface area contributed by atoms with Crippen molar-refractivity contribution in [1.29, 1.82) is 0 Å². The monoisotopic (exact) mass is 303 g/mol. The molecule has 1 saturated heterocycles. The molecule has 0 spiro atoms. The van der Waals surface area contributed by atoms with Gasteiger partial charge in [0.05, 0.1) is 11.7 Å². The third-order valence-electron chi connectivity index (χ3n) is 4.31. The molecule has 3 rings (SSSR count). The van der Waals surface area contributed by atoms with E-state index in [1.807, 2.05) is 25.6 Å². The standard InChI is InChI=1S/C15H21N5O2/c1-9-13(10(2)19(3)18-9)14-11(6-8-22-14)17-15(21)12-5-7-16-20(12)4/h5,7,11,14H,6,8H2,1-4H3,(H,17,21)/t11-,14-/m0/s1. The molecule has 0 unspecified atom stereocenters. The first-order valence-corrected chi connectivity index (χ1v) is 7.39. The first-order chi connectivity index (χ1) is 10.5. The van der Waals surface area contributed by atoms with Crippen LogP contribution < -0.4 is 5.32 Å². The van der Waals surface area contributed by atoms with Crippen molar-refractivity contribution in [2.75, 3.05) is 6.61 Å². The molecule has 7 heteroatoms. The van der Waals surface area contributed by atoms with E-state index in [2.05, 4.69) is 15.5 Å². The minimum Gasteiger partial charge on any atom is -0.371 e. The Kier molecular flexibility index (Phi) is 3.74. The molecule has 7 nitrogen and oxygen atoms in total. The third-order valence-corrected chi connectivity index (χ3v) is 4.31. The van der Waals surface area contributed by atoms with Crippen molar-refractivity contribution >= 4 is 5.91 Å². The van der Waals surface area contributed by atoms with Gasteiger partial charge in [-0.3, -0.25) is 14.2 Å². The second-order valence-corrected chi connectivity index (χ2v) is 5.71. The molecular weight excluding hydrogens is 282 g/mol. The van der Waals surface area contributed by atoms with Crippen LogP contribution in [0.2, 0.25) is 0 Å². The SMILES string of the molecule is Cc1nn(C)c(C)c1[C@H]1OCC[C@@H]1NC(=O)c1ccnn1C. The van der Waals surface area contributed by atoms with Gasteiger partial charge in [0.15, 0.2) is 0 Å². The van der Waals surface area contributed by atoms with Gasteiger partial charge in [0, 0.05) is 38.2 Å². The highest BCUT2D eigenvalue weighted by Gasteiger charge is 2.35. The van der Waals surface area contributed by atoms with Gasteiger partial charge in [0.2, 0.25) is 0 Å². The van der Waals surface area contributed by atoms with Crippen molar-refractivity contribution in [3.8, 4) is 0 Å². The van der Waals surface area contributed by atoms with Crippen LogP contribution in [0.1, 0.15) is 40.0 Å². The van der Waals surface area contributed by atoms with E-state index in [0.717, 1.165) is 23.4 Å². The molecule has 1 amide bonds. The molecule has 1 N–H and O–H groups in total. The Morgan fingerprint density at radius 1 is 1.36 bits per heavy atom. The van der Waals surface area contributed by atoms with Gasteiger partial charge in [0.1, 0.15) is 11.8 Å². The minimum absolute atomic E-state index is 0.0519. The van der Waals surface area contributed by atoms with Crippen LogP contribution in [0.4, 0.5) is 0 Å². The van der Waals surface area contributed by atoms with Gasteiger partial charge >= 0.3 is 0 Å². The van der Waals surface area contributed by atoms with Gasteiger partial charge in [0.25, 0.3) is 5.91 Å². The predicted octanol–water partition coefficient (Wildman–Crippen LogP) is 1.03. The summed E-state index contributed by atoms with van der Waals surface area (Å²) in [5, 5.41) is 11.5. The lowest BCUT2D eigenvalue weighted by molar-refractivity contribution is 0.0810. The first-order valence-electron chi connectivity index (χ1n) is 7.39. The van der Waals surface area contributed by atoms with Gasteiger partial charge in [-0.25, -0.2) is 0 Å². The topological polar surface area (TPSA) is 74.0 Å². The largest absolute Gasteiger partial charge is 0.371 e. The number of nitrogens with one attached hydrogen (secondary N) is 1. The lowest BCUT2D eigenvalue weighted by Gasteiger charge is -2.20. The van der Waals surface area contributed by atoms with E-state index in [4.69, 9.17) is 4.74 Å². The quantitative estimate of drug-likeness (QED) is 0.919. The average molecular weight is 303 g/mol. The summed E-state index contributed by atoms with van der Waals surface area (Å²) in [5.74, 6) is -0.125. The number of aromatic nitrogens is 4. The molecule has 0 saturated carbocycles. The maximum atomic E-state index is 12.4. The van der Waals surface area contributed by atoms with Gasteiger partial charge in [-0.1, -0.05) is 0 Å². The van der Waals surface area contributed by atoms with Crippen LogP contribution in [-0.4, -0.2) is 38.1 Å². The smallest absolute Gasteiger partial charge is 0.269 e. The van der Waals surface area contributed by atoms with Gasteiger partial charge in [-0.15, -0.1) is 0 Å². The Bertz CT molecular complexity index is 703. The van der Waals surface area contributed by atoms with E-state index in [-0.39, 0.29) is 18.1 Å². The van der Waals surface area contributed by atoms with Crippen molar-refractivity contribution in [3.05, 3.63) is 34.9 Å². The van der Waals surface area contributed by atoms with E-state index < -0.39 is 0 Å². The highest BCUT2D eigenvalue weighted by Crippen LogP contribution is 2.33. The number of carbonyl (C=O) groups is 1. The van der Waals surface area contributed by atoms with Crippen LogP contribution in [0.25, 0.3) is 0 Å². The molecule has 0 aromatic carbocycles. The summed E-state index contributed by atoms with van der Waals surface area (Å²) in [5.41, 5.74) is 3.65. The number of ether oxygens (including phenoxy) is 1. The van der Waals surface area contributed by atoms with E-state index >= 15 is 0 Å². The summed E-state index contributed by atoms with van der Waals surface area (Å²) >= 11 is 0. The fourth-order valence-corrected chi connectivity index (χ4v) is 3.06. The molecule has 1 aliphatic rings. The first kappa shape index (κ1) is 14.8. The van der Waals surface area contributed by atoms with E-state index in [1.54, 1.807) is 24.0 Å². The van der Waals surface area contributed by atoms with E-state index in [1.165, 1.54) is 0 Å². The van der Waals surface area contributed by atoms with Crippen molar-refractivity contribution in [2.24, 2.45) is 14.1 Å². The molecule has 0 radical (unpaired) electrons. The molecule has 0 bridgehead atoms. The summed E-state index contributed by atoms with van der Waals surface area (Å²) in [6.07, 6.45) is 2.26. The zero-order valence-electron chi connectivity index (χ0n) is 13.3. The predicted molar refractivity (Wildman–Crippen MR) is 80.5 cm³/mol. The third kappa shape index (κ3) is 2.41. The normalized spacial score (nSPS) is 21.3. The maximum Gasteiger partial charge on any atom is 0.269 e. The fraction of sp³-hybridized carbons (Fsp3) is 0.533. The zero-order valence-corrected chi connectivity index (χ0v) is 13.3. The van der Waals surface area contributed by atoms with Crippen LogP contribution in [0.3, 0.4) is 0 Å². The molecule has 2 aromatic heterocycles. The molecular formula is C15H21N5O2. The highest BCUT2D eigenvalue weighted by atomic mass is 16.5. The molecule has 0 aliphatic carbocycles.